The number of rotatable bonds is 3. The van der Waals surface area contributed by atoms with Crippen LogP contribution in [0.15, 0.2) is 12.3 Å². The van der Waals surface area contributed by atoms with Crippen LogP contribution >= 0.6 is 11.6 Å². The summed E-state index contributed by atoms with van der Waals surface area (Å²) >= 11 is 5.42. The number of hydrogen-bond donors (Lipinski definition) is 3. The first-order chi connectivity index (χ1) is 6.56. The fourth-order valence-electron chi connectivity index (χ4n) is 1.18. The van der Waals surface area contributed by atoms with Crippen molar-refractivity contribution in [2.75, 3.05) is 11.6 Å². The molecule has 5 heteroatoms. The highest BCUT2D eigenvalue weighted by Gasteiger charge is 2.20. The van der Waals surface area contributed by atoms with E-state index < -0.39 is 12.2 Å². The van der Waals surface area contributed by atoms with Gasteiger partial charge in [-0.15, -0.1) is 11.6 Å². The first kappa shape index (κ1) is 11.2. The van der Waals surface area contributed by atoms with Crippen LogP contribution in [0, 0.1) is 6.92 Å². The molecule has 2 atom stereocenters. The summed E-state index contributed by atoms with van der Waals surface area (Å²) in [7, 11) is 0. The van der Waals surface area contributed by atoms with Crippen molar-refractivity contribution in [1.29, 1.82) is 0 Å². The number of anilines is 1. The Morgan fingerprint density at radius 3 is 2.71 bits per heavy atom. The molecule has 4 N–H and O–H groups in total. The Morgan fingerprint density at radius 1 is 1.57 bits per heavy atom. The highest BCUT2D eigenvalue weighted by atomic mass is 35.5. The molecule has 0 bridgehead atoms. The van der Waals surface area contributed by atoms with E-state index in [0.29, 0.717) is 11.4 Å². The summed E-state index contributed by atoms with van der Waals surface area (Å²) in [5, 5.41) is 18.9. The number of nitrogens with zero attached hydrogens (tertiary/aromatic N) is 1. The van der Waals surface area contributed by atoms with Crippen LogP contribution in [-0.4, -0.2) is 27.2 Å². The molecule has 1 aromatic rings. The molecule has 78 valence electrons. The molecule has 0 aliphatic rings. The number of aromatic nitrogens is 1. The SMILES string of the molecule is Cc1cc(N)cnc1C(O)C(O)CCl. The summed E-state index contributed by atoms with van der Waals surface area (Å²) in [6.45, 7) is 1.77. The second kappa shape index (κ2) is 4.59. The molecule has 1 rings (SSSR count). The Hall–Kier alpha value is -0.840. The monoisotopic (exact) mass is 216 g/mol. The molecule has 0 fully saturated rings. The van der Waals surface area contributed by atoms with Crippen molar-refractivity contribution in [3.63, 3.8) is 0 Å². The average Bonchev–Trinajstić information content (AvgIpc) is 2.15. The van der Waals surface area contributed by atoms with Crippen LogP contribution in [0.4, 0.5) is 5.69 Å². The molecule has 0 spiro atoms. The standard InChI is InChI=1S/C9H13ClN2O2/c1-5-2-6(11)4-12-8(5)9(14)7(13)3-10/h2,4,7,9,13-14H,3,11H2,1H3. The van der Waals surface area contributed by atoms with Gasteiger partial charge in [-0.3, -0.25) is 4.98 Å². The molecule has 0 aliphatic carbocycles. The van der Waals surface area contributed by atoms with Gasteiger partial charge in [-0.2, -0.15) is 0 Å². The summed E-state index contributed by atoms with van der Waals surface area (Å²) in [4.78, 5) is 3.95. The number of nitrogen functional groups attached to an aromatic ring is 1. The van der Waals surface area contributed by atoms with E-state index in [1.165, 1.54) is 6.20 Å². The minimum Gasteiger partial charge on any atom is -0.397 e. The van der Waals surface area contributed by atoms with Gasteiger partial charge in [0.1, 0.15) is 6.10 Å². The van der Waals surface area contributed by atoms with E-state index >= 15 is 0 Å². The smallest absolute Gasteiger partial charge is 0.123 e. The van der Waals surface area contributed by atoms with Crippen molar-refractivity contribution in [1.82, 2.24) is 4.98 Å². The number of alkyl halides is 1. The number of nitrogens with two attached hydrogens (primary N) is 1. The molecule has 1 heterocycles. The fourth-order valence-corrected chi connectivity index (χ4v) is 1.35. The molecule has 1 aromatic heterocycles. The Bertz CT molecular complexity index is 320. The molecule has 14 heavy (non-hydrogen) atoms. The maximum atomic E-state index is 9.62. The predicted molar refractivity (Wildman–Crippen MR) is 55.1 cm³/mol. The Balaban J connectivity index is 2.95. The zero-order chi connectivity index (χ0) is 10.7. The lowest BCUT2D eigenvalue weighted by Crippen LogP contribution is -2.21. The third-order valence-corrected chi connectivity index (χ3v) is 2.26. The summed E-state index contributed by atoms with van der Waals surface area (Å²) in [5.74, 6) is -0.0351. The lowest BCUT2D eigenvalue weighted by Gasteiger charge is -2.16. The molecule has 0 amide bonds. The van der Waals surface area contributed by atoms with Gasteiger partial charge in [-0.1, -0.05) is 0 Å². The van der Waals surface area contributed by atoms with Gasteiger partial charge in [-0.25, -0.2) is 0 Å². The van der Waals surface area contributed by atoms with E-state index in [1.54, 1.807) is 13.0 Å². The molecule has 0 aromatic carbocycles. The van der Waals surface area contributed by atoms with E-state index in [-0.39, 0.29) is 5.88 Å². The fraction of sp³-hybridized carbons (Fsp3) is 0.444. The quantitative estimate of drug-likeness (QED) is 0.647. The average molecular weight is 217 g/mol. The van der Waals surface area contributed by atoms with Crippen LogP contribution in [0.1, 0.15) is 17.4 Å². The normalized spacial score (nSPS) is 15.1. The number of hydrogen-bond acceptors (Lipinski definition) is 4. The molecule has 0 saturated carbocycles. The molecular weight excluding hydrogens is 204 g/mol. The predicted octanol–water partition coefficient (Wildman–Crippen LogP) is 0.605. The maximum absolute atomic E-state index is 9.62. The number of aryl methyl sites for hydroxylation is 1. The van der Waals surface area contributed by atoms with E-state index in [0.717, 1.165) is 5.56 Å². The highest BCUT2D eigenvalue weighted by molar-refractivity contribution is 6.18. The third kappa shape index (κ3) is 2.35. The number of pyridine rings is 1. The van der Waals surface area contributed by atoms with Gasteiger partial charge < -0.3 is 15.9 Å². The van der Waals surface area contributed by atoms with Gasteiger partial charge in [0.15, 0.2) is 0 Å². The molecule has 0 radical (unpaired) electrons. The van der Waals surface area contributed by atoms with E-state index in [9.17, 15) is 10.2 Å². The first-order valence-electron chi connectivity index (χ1n) is 4.20. The molecular formula is C9H13ClN2O2. The van der Waals surface area contributed by atoms with Crippen molar-refractivity contribution in [2.24, 2.45) is 0 Å². The Kier molecular flexibility index (Phi) is 3.69. The largest absolute Gasteiger partial charge is 0.397 e. The van der Waals surface area contributed by atoms with Crippen LogP contribution in [0.25, 0.3) is 0 Å². The number of aliphatic hydroxyl groups excluding tert-OH is 2. The van der Waals surface area contributed by atoms with Crippen LogP contribution in [0.3, 0.4) is 0 Å². The minimum absolute atomic E-state index is 0.0351. The maximum Gasteiger partial charge on any atom is 0.123 e. The second-order valence-corrected chi connectivity index (χ2v) is 3.45. The summed E-state index contributed by atoms with van der Waals surface area (Å²) in [6.07, 6.45) is -0.633. The van der Waals surface area contributed by atoms with Crippen molar-refractivity contribution < 1.29 is 10.2 Å². The van der Waals surface area contributed by atoms with Gasteiger partial charge in [0.05, 0.1) is 29.6 Å². The van der Waals surface area contributed by atoms with E-state index in [2.05, 4.69) is 4.98 Å². The zero-order valence-corrected chi connectivity index (χ0v) is 8.57. The molecule has 0 aliphatic heterocycles. The van der Waals surface area contributed by atoms with Gasteiger partial charge in [0.25, 0.3) is 0 Å². The van der Waals surface area contributed by atoms with Gasteiger partial charge in [0, 0.05) is 0 Å². The summed E-state index contributed by atoms with van der Waals surface area (Å²) in [5.41, 5.74) is 7.18. The Labute approximate surface area is 87.3 Å². The lowest BCUT2D eigenvalue weighted by atomic mass is 10.1. The second-order valence-electron chi connectivity index (χ2n) is 3.14. The van der Waals surface area contributed by atoms with Crippen molar-refractivity contribution in [3.05, 3.63) is 23.5 Å². The van der Waals surface area contributed by atoms with Gasteiger partial charge in [0.2, 0.25) is 0 Å². The lowest BCUT2D eigenvalue weighted by molar-refractivity contribution is 0.0296. The van der Waals surface area contributed by atoms with E-state index in [1.807, 2.05) is 0 Å². The first-order valence-corrected chi connectivity index (χ1v) is 4.73. The topological polar surface area (TPSA) is 79.4 Å². The Morgan fingerprint density at radius 2 is 2.21 bits per heavy atom. The number of halogens is 1. The van der Waals surface area contributed by atoms with Gasteiger partial charge in [-0.05, 0) is 18.6 Å². The van der Waals surface area contributed by atoms with Crippen LogP contribution in [0.5, 0.6) is 0 Å². The minimum atomic E-state index is -1.06. The molecule has 4 nitrogen and oxygen atoms in total. The van der Waals surface area contributed by atoms with Crippen molar-refractivity contribution in [2.45, 2.75) is 19.1 Å². The van der Waals surface area contributed by atoms with Crippen molar-refractivity contribution in [3.8, 4) is 0 Å². The highest BCUT2D eigenvalue weighted by Crippen LogP contribution is 2.20. The van der Waals surface area contributed by atoms with Gasteiger partial charge >= 0.3 is 0 Å². The zero-order valence-electron chi connectivity index (χ0n) is 7.81. The van der Waals surface area contributed by atoms with E-state index in [4.69, 9.17) is 17.3 Å². The van der Waals surface area contributed by atoms with Crippen LogP contribution in [0.2, 0.25) is 0 Å². The molecule has 0 saturated heterocycles. The summed E-state index contributed by atoms with van der Waals surface area (Å²) in [6, 6.07) is 1.69. The van der Waals surface area contributed by atoms with Crippen molar-refractivity contribution >= 4 is 17.3 Å². The third-order valence-electron chi connectivity index (χ3n) is 1.94. The molecule has 2 unspecified atom stereocenters. The number of aliphatic hydroxyl groups is 2. The summed E-state index contributed by atoms with van der Waals surface area (Å²) < 4.78 is 0. The van der Waals surface area contributed by atoms with Crippen LogP contribution in [-0.2, 0) is 0 Å². The van der Waals surface area contributed by atoms with Crippen LogP contribution < -0.4 is 5.73 Å².